The number of hydrogen-bond acceptors (Lipinski definition) is 2. The van der Waals surface area contributed by atoms with Crippen LogP contribution in [0.2, 0.25) is 0 Å². The fourth-order valence-electron chi connectivity index (χ4n) is 0.904. The van der Waals surface area contributed by atoms with Gasteiger partial charge < -0.3 is 28.7 Å². The Morgan fingerprint density at radius 3 is 2.62 bits per heavy atom. The first-order chi connectivity index (χ1) is 5.63. The number of aryl methyl sites for hydroxylation is 1. The van der Waals surface area contributed by atoms with Gasteiger partial charge >= 0.3 is 5.97 Å². The number of ether oxygens (including phenoxy) is 1. The van der Waals surface area contributed by atoms with Gasteiger partial charge in [-0.1, -0.05) is 0 Å². The highest BCUT2D eigenvalue weighted by Gasteiger charge is 2.10. The van der Waals surface area contributed by atoms with Crippen LogP contribution >= 0.6 is 15.9 Å². The van der Waals surface area contributed by atoms with Crippen LogP contribution in [0.25, 0.3) is 0 Å². The zero-order valence-electron chi connectivity index (χ0n) is 7.25. The minimum atomic E-state index is -0.327. The summed E-state index contributed by atoms with van der Waals surface area (Å²) < 4.78 is 7.22. The second-order valence-electron chi connectivity index (χ2n) is 2.40. The zero-order chi connectivity index (χ0) is 9.14. The molecule has 0 aromatic carbocycles. The van der Waals surface area contributed by atoms with Crippen molar-refractivity contribution in [1.29, 1.82) is 0 Å². The van der Waals surface area contributed by atoms with Crippen LogP contribution in [-0.4, -0.2) is 13.1 Å². The quantitative estimate of drug-likeness (QED) is 0.333. The molecule has 0 amide bonds. The molecule has 0 radical (unpaired) electrons. The third-order valence-electron chi connectivity index (χ3n) is 1.38. The third kappa shape index (κ3) is 3.60. The summed E-state index contributed by atoms with van der Waals surface area (Å²) in [7, 11) is 3.21. The van der Waals surface area contributed by atoms with Crippen LogP contribution in [-0.2, 0) is 11.8 Å². The maximum Gasteiger partial charge on any atom is 0.343 e. The summed E-state index contributed by atoms with van der Waals surface area (Å²) in [5, 5.41) is 0. The molecule has 0 unspecified atom stereocenters. The highest BCUT2D eigenvalue weighted by atomic mass is 127. The number of pyridine rings is 1. The molecule has 1 aromatic heterocycles. The monoisotopic (exact) mass is 357 g/mol. The predicted octanol–water partition coefficient (Wildman–Crippen LogP) is -1.94. The molecule has 0 saturated carbocycles. The maximum atomic E-state index is 11.1. The smallest absolute Gasteiger partial charge is 0.343 e. The second kappa shape index (κ2) is 5.54. The van der Waals surface area contributed by atoms with Crippen molar-refractivity contribution < 1.29 is 38.1 Å². The average Bonchev–Trinajstić information content (AvgIpc) is 2.01. The standard InChI is InChI=1S/C8H9BrNO2.HI/c1-10-4-6(8(11)12-2)3-7(9)5-10;/h3-5H,1-2H3;1H/q+1;/p-1. The van der Waals surface area contributed by atoms with Crippen molar-refractivity contribution in [3.63, 3.8) is 0 Å². The molecule has 3 nitrogen and oxygen atoms in total. The fraction of sp³-hybridized carbons (Fsp3) is 0.250. The molecule has 0 fully saturated rings. The van der Waals surface area contributed by atoms with Gasteiger partial charge in [0, 0.05) is 0 Å². The van der Waals surface area contributed by atoms with Crippen LogP contribution in [0, 0.1) is 0 Å². The van der Waals surface area contributed by atoms with E-state index in [9.17, 15) is 4.79 Å². The molecule has 5 heteroatoms. The highest BCUT2D eigenvalue weighted by Crippen LogP contribution is 2.08. The molecule has 1 aromatic rings. The summed E-state index contributed by atoms with van der Waals surface area (Å²) >= 11 is 3.28. The van der Waals surface area contributed by atoms with Crippen LogP contribution in [0.1, 0.15) is 10.4 Å². The Bertz CT molecular complexity index is 297. The van der Waals surface area contributed by atoms with Gasteiger partial charge in [-0.3, -0.25) is 0 Å². The van der Waals surface area contributed by atoms with Crippen molar-refractivity contribution >= 4 is 21.9 Å². The van der Waals surface area contributed by atoms with E-state index in [-0.39, 0.29) is 29.9 Å². The Hall–Kier alpha value is -0.170. The van der Waals surface area contributed by atoms with Crippen LogP contribution in [0.15, 0.2) is 22.9 Å². The van der Waals surface area contributed by atoms with E-state index in [1.165, 1.54) is 7.11 Å². The molecule has 0 bridgehead atoms. The number of rotatable bonds is 1. The van der Waals surface area contributed by atoms with E-state index in [0.717, 1.165) is 4.47 Å². The lowest BCUT2D eigenvalue weighted by Crippen LogP contribution is -3.00. The molecule has 0 aliphatic rings. The number of carbonyl (C=O) groups is 1. The second-order valence-corrected chi connectivity index (χ2v) is 3.32. The first kappa shape index (κ1) is 12.8. The van der Waals surface area contributed by atoms with E-state index in [0.29, 0.717) is 5.56 Å². The summed E-state index contributed by atoms with van der Waals surface area (Å²) in [6.45, 7) is 0. The van der Waals surface area contributed by atoms with Gasteiger partial charge in [0.1, 0.15) is 12.6 Å². The van der Waals surface area contributed by atoms with E-state index in [2.05, 4.69) is 20.7 Å². The van der Waals surface area contributed by atoms with E-state index >= 15 is 0 Å². The lowest BCUT2D eigenvalue weighted by Gasteiger charge is -1.97. The highest BCUT2D eigenvalue weighted by molar-refractivity contribution is 9.10. The number of methoxy groups -OCH3 is 1. The van der Waals surface area contributed by atoms with E-state index in [4.69, 9.17) is 0 Å². The van der Waals surface area contributed by atoms with Gasteiger partial charge in [-0.05, 0) is 22.0 Å². The zero-order valence-corrected chi connectivity index (χ0v) is 11.0. The van der Waals surface area contributed by atoms with Crippen LogP contribution < -0.4 is 28.5 Å². The lowest BCUT2D eigenvalue weighted by atomic mass is 10.3. The molecule has 0 aliphatic carbocycles. The number of carbonyl (C=O) groups excluding carboxylic acids is 1. The molecule has 13 heavy (non-hydrogen) atoms. The van der Waals surface area contributed by atoms with Gasteiger partial charge in [-0.15, -0.1) is 0 Å². The molecule has 0 aliphatic heterocycles. The first-order valence-electron chi connectivity index (χ1n) is 3.37. The number of hydrogen-bond donors (Lipinski definition) is 0. The summed E-state index contributed by atoms with van der Waals surface area (Å²) in [6.07, 6.45) is 3.56. The summed E-state index contributed by atoms with van der Waals surface area (Å²) in [4.78, 5) is 11.1. The van der Waals surface area contributed by atoms with Crippen molar-refractivity contribution in [3.05, 3.63) is 28.5 Å². The van der Waals surface area contributed by atoms with Crippen LogP contribution in [0.3, 0.4) is 0 Å². The van der Waals surface area contributed by atoms with Gasteiger partial charge in [-0.25, -0.2) is 9.36 Å². The SMILES string of the molecule is COC(=O)c1cc(Br)c[n+](C)c1.[I-]. The molecule has 0 saturated heterocycles. The largest absolute Gasteiger partial charge is 1.00 e. The lowest BCUT2D eigenvalue weighted by molar-refractivity contribution is -0.672. The van der Waals surface area contributed by atoms with Crippen molar-refractivity contribution in [3.8, 4) is 0 Å². The van der Waals surface area contributed by atoms with E-state index < -0.39 is 0 Å². The van der Waals surface area contributed by atoms with Gasteiger partial charge in [0.2, 0.25) is 0 Å². The molecule has 1 heterocycles. The summed E-state index contributed by atoms with van der Waals surface area (Å²) in [5.41, 5.74) is 0.536. The van der Waals surface area contributed by atoms with Crippen LogP contribution in [0.4, 0.5) is 0 Å². The van der Waals surface area contributed by atoms with Crippen molar-refractivity contribution in [1.82, 2.24) is 0 Å². The topological polar surface area (TPSA) is 30.2 Å². The number of aromatic nitrogens is 1. The molecular weight excluding hydrogens is 349 g/mol. The van der Waals surface area contributed by atoms with Gasteiger partial charge in [0.25, 0.3) is 0 Å². The predicted molar refractivity (Wildman–Crippen MR) is 46.7 cm³/mol. The first-order valence-corrected chi connectivity index (χ1v) is 4.17. The van der Waals surface area contributed by atoms with Crippen molar-refractivity contribution in [2.45, 2.75) is 0 Å². The molecule has 0 atom stereocenters. The van der Waals surface area contributed by atoms with E-state index in [1.54, 1.807) is 16.8 Å². The Kier molecular flexibility index (Phi) is 5.46. The summed E-state index contributed by atoms with van der Waals surface area (Å²) in [6, 6.07) is 1.71. The molecule has 0 spiro atoms. The molecule has 0 N–H and O–H groups in total. The Morgan fingerprint density at radius 2 is 2.15 bits per heavy atom. The molecular formula is C8H9BrINO2. The summed E-state index contributed by atoms with van der Waals surface area (Å²) in [5.74, 6) is -0.327. The van der Waals surface area contributed by atoms with Crippen LogP contribution in [0.5, 0.6) is 0 Å². The molecule has 72 valence electrons. The number of halogens is 2. The Labute approximate surface area is 102 Å². The minimum absolute atomic E-state index is 0. The third-order valence-corrected chi connectivity index (χ3v) is 1.82. The van der Waals surface area contributed by atoms with Gasteiger partial charge in [-0.2, -0.15) is 0 Å². The van der Waals surface area contributed by atoms with Gasteiger partial charge in [0.05, 0.1) is 11.6 Å². The minimum Gasteiger partial charge on any atom is -1.00 e. The Morgan fingerprint density at radius 1 is 1.54 bits per heavy atom. The fourth-order valence-corrected chi connectivity index (χ4v) is 1.47. The maximum absolute atomic E-state index is 11.1. The Balaban J connectivity index is 0.00000144. The number of nitrogens with zero attached hydrogens (tertiary/aromatic N) is 1. The van der Waals surface area contributed by atoms with E-state index in [1.807, 2.05) is 13.2 Å². The number of esters is 1. The normalized spacial score (nSPS) is 8.85. The molecule has 1 rings (SSSR count). The van der Waals surface area contributed by atoms with Crippen molar-refractivity contribution in [2.24, 2.45) is 7.05 Å². The average molecular weight is 358 g/mol. The van der Waals surface area contributed by atoms with Crippen molar-refractivity contribution in [2.75, 3.05) is 7.11 Å². The van der Waals surface area contributed by atoms with Gasteiger partial charge in [0.15, 0.2) is 12.4 Å².